The molecule has 6 heteroatoms. The monoisotopic (exact) mass is 287 g/mol. The minimum absolute atomic E-state index is 0.0378. The van der Waals surface area contributed by atoms with Crippen LogP contribution in [-0.4, -0.2) is 41.5 Å². The molecule has 1 saturated carbocycles. The van der Waals surface area contributed by atoms with Crippen molar-refractivity contribution < 1.29 is 24.2 Å². The van der Waals surface area contributed by atoms with Crippen LogP contribution in [0, 0.1) is 0 Å². The number of nitrogens with one attached hydrogen (secondary N) is 1. The van der Waals surface area contributed by atoms with Gasteiger partial charge < -0.3 is 19.9 Å². The van der Waals surface area contributed by atoms with Crippen LogP contribution in [0.1, 0.15) is 52.9 Å². The summed E-state index contributed by atoms with van der Waals surface area (Å²) in [5.41, 5.74) is -0.485. The Balaban J connectivity index is 2.18. The smallest absolute Gasteiger partial charge is 0.407 e. The van der Waals surface area contributed by atoms with Crippen molar-refractivity contribution in [3.8, 4) is 0 Å². The topological polar surface area (TPSA) is 84.9 Å². The van der Waals surface area contributed by atoms with Crippen molar-refractivity contribution in [3.05, 3.63) is 0 Å². The molecule has 116 valence electrons. The molecule has 0 aromatic carbocycles. The van der Waals surface area contributed by atoms with Crippen LogP contribution in [-0.2, 0) is 14.3 Å². The number of amides is 1. The Kier molecular flexibility index (Phi) is 6.26. The van der Waals surface area contributed by atoms with Gasteiger partial charge in [0.15, 0.2) is 0 Å². The molecule has 0 aromatic heterocycles. The number of rotatable bonds is 5. The normalized spacial score (nSPS) is 23.1. The van der Waals surface area contributed by atoms with Crippen molar-refractivity contribution in [1.29, 1.82) is 0 Å². The Labute approximate surface area is 119 Å². The highest BCUT2D eigenvalue weighted by Crippen LogP contribution is 2.21. The number of alkyl carbamates (subject to hydrolysis) is 1. The summed E-state index contributed by atoms with van der Waals surface area (Å²) < 4.78 is 10.7. The number of carboxylic acid groups (broad SMARTS) is 1. The van der Waals surface area contributed by atoms with Gasteiger partial charge in [0, 0.05) is 6.04 Å². The summed E-state index contributed by atoms with van der Waals surface area (Å²) in [6.07, 6.45) is 3.09. The second-order valence-corrected chi connectivity index (χ2v) is 6.13. The Bertz CT molecular complexity index is 329. The molecule has 1 fully saturated rings. The fourth-order valence-corrected chi connectivity index (χ4v) is 2.16. The van der Waals surface area contributed by atoms with Gasteiger partial charge in [-0.15, -0.1) is 0 Å². The predicted octanol–water partition coefficient (Wildman–Crippen LogP) is 2.31. The van der Waals surface area contributed by atoms with Crippen LogP contribution < -0.4 is 5.32 Å². The molecule has 0 aliphatic heterocycles. The highest BCUT2D eigenvalue weighted by atomic mass is 16.6. The quantitative estimate of drug-likeness (QED) is 0.810. The summed E-state index contributed by atoms with van der Waals surface area (Å²) in [6.45, 7) is 5.75. The van der Waals surface area contributed by atoms with Crippen LogP contribution in [0.2, 0.25) is 0 Å². The van der Waals surface area contributed by atoms with Crippen molar-refractivity contribution in [1.82, 2.24) is 5.32 Å². The van der Waals surface area contributed by atoms with E-state index < -0.39 is 11.6 Å². The molecule has 1 rings (SSSR count). The second-order valence-electron chi connectivity index (χ2n) is 6.13. The lowest BCUT2D eigenvalue weighted by molar-refractivity contribution is -0.138. The molecule has 6 nitrogen and oxygen atoms in total. The average Bonchev–Trinajstić information content (AvgIpc) is 2.28. The van der Waals surface area contributed by atoms with E-state index >= 15 is 0 Å². The molecule has 0 spiro atoms. The Morgan fingerprint density at radius 1 is 1.20 bits per heavy atom. The first-order valence-corrected chi connectivity index (χ1v) is 7.09. The number of ether oxygens (including phenoxy) is 2. The van der Waals surface area contributed by atoms with Gasteiger partial charge in [0.25, 0.3) is 0 Å². The molecule has 1 amide bonds. The van der Waals surface area contributed by atoms with Gasteiger partial charge in [-0.05, 0) is 46.5 Å². The van der Waals surface area contributed by atoms with E-state index in [1.54, 1.807) is 0 Å². The Morgan fingerprint density at radius 3 is 2.30 bits per heavy atom. The minimum Gasteiger partial charge on any atom is -0.481 e. The zero-order valence-electron chi connectivity index (χ0n) is 12.5. The van der Waals surface area contributed by atoms with Gasteiger partial charge in [-0.25, -0.2) is 4.79 Å². The number of aliphatic carboxylic acids is 1. The lowest BCUT2D eigenvalue weighted by Gasteiger charge is -2.30. The van der Waals surface area contributed by atoms with Crippen LogP contribution >= 0.6 is 0 Å². The number of hydrogen-bond acceptors (Lipinski definition) is 4. The van der Waals surface area contributed by atoms with Crippen LogP contribution in [0.25, 0.3) is 0 Å². The molecule has 20 heavy (non-hydrogen) atoms. The average molecular weight is 287 g/mol. The van der Waals surface area contributed by atoms with Crippen LogP contribution in [0.15, 0.2) is 0 Å². The highest BCUT2D eigenvalue weighted by Gasteiger charge is 2.25. The zero-order valence-corrected chi connectivity index (χ0v) is 12.5. The van der Waals surface area contributed by atoms with Crippen molar-refractivity contribution in [2.24, 2.45) is 0 Å². The molecule has 0 heterocycles. The van der Waals surface area contributed by atoms with Crippen molar-refractivity contribution >= 4 is 12.1 Å². The SMILES string of the molecule is CC(C)(C)OC(=O)NC1CCC(OCCC(=O)O)CC1. The van der Waals surface area contributed by atoms with E-state index in [1.165, 1.54) is 0 Å². The van der Waals surface area contributed by atoms with E-state index in [4.69, 9.17) is 14.6 Å². The molecule has 0 saturated heterocycles. The van der Waals surface area contributed by atoms with E-state index in [9.17, 15) is 9.59 Å². The summed E-state index contributed by atoms with van der Waals surface area (Å²) in [5, 5.41) is 11.4. The molecular formula is C14H25NO5. The summed E-state index contributed by atoms with van der Waals surface area (Å²) in [4.78, 5) is 22.0. The first-order chi connectivity index (χ1) is 9.26. The Hall–Kier alpha value is -1.30. The number of carbonyl (C=O) groups excluding carboxylic acids is 1. The standard InChI is InChI=1S/C14H25NO5/c1-14(2,3)20-13(18)15-10-4-6-11(7-5-10)19-9-8-12(16)17/h10-11H,4-9H2,1-3H3,(H,15,18)(H,16,17). The maximum absolute atomic E-state index is 11.6. The maximum atomic E-state index is 11.6. The van der Waals surface area contributed by atoms with Crippen LogP contribution in [0.3, 0.4) is 0 Å². The van der Waals surface area contributed by atoms with E-state index in [-0.39, 0.29) is 31.3 Å². The van der Waals surface area contributed by atoms with Gasteiger partial charge in [0.05, 0.1) is 19.1 Å². The van der Waals surface area contributed by atoms with Gasteiger partial charge in [-0.3, -0.25) is 4.79 Å². The third kappa shape index (κ3) is 7.33. The van der Waals surface area contributed by atoms with Crippen molar-refractivity contribution in [2.45, 2.75) is 70.6 Å². The number of hydrogen-bond donors (Lipinski definition) is 2. The third-order valence-corrected chi connectivity index (χ3v) is 3.06. The fourth-order valence-electron chi connectivity index (χ4n) is 2.16. The molecule has 1 aliphatic rings. The molecular weight excluding hydrogens is 262 g/mol. The van der Waals surface area contributed by atoms with E-state index in [1.807, 2.05) is 20.8 Å². The predicted molar refractivity (Wildman–Crippen MR) is 73.6 cm³/mol. The van der Waals surface area contributed by atoms with Crippen LogP contribution in [0.5, 0.6) is 0 Å². The zero-order chi connectivity index (χ0) is 15.2. The largest absolute Gasteiger partial charge is 0.481 e. The summed E-state index contributed by atoms with van der Waals surface area (Å²) in [5.74, 6) is -0.842. The molecule has 0 atom stereocenters. The molecule has 0 radical (unpaired) electrons. The van der Waals surface area contributed by atoms with Gasteiger partial charge in [0.2, 0.25) is 0 Å². The molecule has 0 bridgehead atoms. The highest BCUT2D eigenvalue weighted by molar-refractivity contribution is 5.68. The van der Waals surface area contributed by atoms with Crippen LogP contribution in [0.4, 0.5) is 4.79 Å². The molecule has 1 aliphatic carbocycles. The lowest BCUT2D eigenvalue weighted by Crippen LogP contribution is -2.41. The fraction of sp³-hybridized carbons (Fsp3) is 0.857. The number of carbonyl (C=O) groups is 2. The van der Waals surface area contributed by atoms with Gasteiger partial charge in [-0.2, -0.15) is 0 Å². The molecule has 0 unspecified atom stereocenters. The maximum Gasteiger partial charge on any atom is 0.407 e. The van der Waals surface area contributed by atoms with Gasteiger partial charge in [-0.1, -0.05) is 0 Å². The second kappa shape index (κ2) is 7.47. The first-order valence-electron chi connectivity index (χ1n) is 7.09. The van der Waals surface area contributed by atoms with Gasteiger partial charge in [0.1, 0.15) is 5.60 Å². The Morgan fingerprint density at radius 2 is 1.80 bits per heavy atom. The first kappa shape index (κ1) is 16.8. The van der Waals surface area contributed by atoms with Gasteiger partial charge >= 0.3 is 12.1 Å². The van der Waals surface area contributed by atoms with E-state index in [2.05, 4.69) is 5.32 Å². The summed E-state index contributed by atoms with van der Waals surface area (Å²) >= 11 is 0. The van der Waals surface area contributed by atoms with Crippen molar-refractivity contribution in [3.63, 3.8) is 0 Å². The number of carboxylic acids is 1. The minimum atomic E-state index is -0.842. The van der Waals surface area contributed by atoms with E-state index in [0.717, 1.165) is 25.7 Å². The molecule has 0 aromatic rings. The van der Waals surface area contributed by atoms with E-state index in [0.29, 0.717) is 0 Å². The summed E-state index contributed by atoms with van der Waals surface area (Å²) in [7, 11) is 0. The third-order valence-electron chi connectivity index (χ3n) is 3.06. The summed E-state index contributed by atoms with van der Waals surface area (Å²) in [6, 6.07) is 0.115. The van der Waals surface area contributed by atoms with Crippen molar-refractivity contribution in [2.75, 3.05) is 6.61 Å². The lowest BCUT2D eigenvalue weighted by atomic mass is 9.93. The molecule has 2 N–H and O–H groups in total.